The molecule has 1 unspecified atom stereocenters. The van der Waals surface area contributed by atoms with Gasteiger partial charge in [0.25, 0.3) is 5.88 Å². The summed E-state index contributed by atoms with van der Waals surface area (Å²) in [5, 5.41) is 4.88. The van der Waals surface area contributed by atoms with Crippen molar-refractivity contribution in [3.63, 3.8) is 0 Å². The summed E-state index contributed by atoms with van der Waals surface area (Å²) in [7, 11) is 1.54. The van der Waals surface area contributed by atoms with Crippen LogP contribution >= 0.6 is 0 Å². The smallest absolute Gasteiger partial charge is 0.254 e. The molecule has 0 aromatic carbocycles. The Morgan fingerprint density at radius 3 is 3.19 bits per heavy atom. The number of nitrogens with zero attached hydrogens (tertiary/aromatic N) is 3. The van der Waals surface area contributed by atoms with Gasteiger partial charge in [-0.3, -0.25) is 9.78 Å². The third-order valence-electron chi connectivity index (χ3n) is 4.99. The van der Waals surface area contributed by atoms with Crippen molar-refractivity contribution in [2.24, 2.45) is 0 Å². The number of rotatable bonds is 5. The van der Waals surface area contributed by atoms with E-state index in [0.29, 0.717) is 30.4 Å². The number of piperidine rings is 1. The number of aryl methyl sites for hydroxylation is 1. The Labute approximate surface area is 151 Å². The van der Waals surface area contributed by atoms with Crippen LogP contribution in [0, 0.1) is 0 Å². The molecular weight excluding hydrogens is 332 g/mol. The van der Waals surface area contributed by atoms with Crippen molar-refractivity contribution in [2.75, 3.05) is 20.2 Å². The molecule has 3 aromatic heterocycles. The maximum Gasteiger partial charge on any atom is 0.254 e. The van der Waals surface area contributed by atoms with Crippen LogP contribution in [0.3, 0.4) is 0 Å². The third-order valence-corrected chi connectivity index (χ3v) is 4.99. The fraction of sp³-hybridized carbons (Fsp3) is 0.421. The molecule has 1 fully saturated rings. The number of H-pyrrole nitrogens is 1. The van der Waals surface area contributed by atoms with E-state index in [2.05, 4.69) is 21.2 Å². The molecule has 1 amide bonds. The van der Waals surface area contributed by atoms with Crippen molar-refractivity contribution in [1.82, 2.24) is 20.0 Å². The zero-order valence-corrected chi connectivity index (χ0v) is 14.8. The molecule has 7 nitrogen and oxygen atoms in total. The molecule has 1 saturated heterocycles. The quantitative estimate of drug-likeness (QED) is 0.761. The normalized spacial score (nSPS) is 17.6. The van der Waals surface area contributed by atoms with Crippen molar-refractivity contribution in [2.45, 2.75) is 31.6 Å². The van der Waals surface area contributed by atoms with Gasteiger partial charge >= 0.3 is 0 Å². The highest BCUT2D eigenvalue weighted by molar-refractivity contribution is 5.79. The minimum absolute atomic E-state index is 0.155. The molecular formula is C19H22N4O3. The molecule has 0 radical (unpaired) electrons. The summed E-state index contributed by atoms with van der Waals surface area (Å²) in [5.74, 6) is 1.61. The van der Waals surface area contributed by atoms with Crippen LogP contribution in [0.5, 0.6) is 5.88 Å². The molecule has 1 aliphatic rings. The summed E-state index contributed by atoms with van der Waals surface area (Å²) in [4.78, 5) is 22.2. The largest absolute Gasteiger partial charge is 0.479 e. The minimum Gasteiger partial charge on any atom is -0.479 e. The summed E-state index contributed by atoms with van der Waals surface area (Å²) >= 11 is 0. The van der Waals surface area contributed by atoms with Gasteiger partial charge in [-0.2, -0.15) is 0 Å². The number of carbonyl (C=O) groups is 1. The average Bonchev–Trinajstić information content (AvgIpc) is 3.32. The molecule has 136 valence electrons. The number of amides is 1. The number of carbonyl (C=O) groups excluding carboxylic acids is 1. The number of hydrogen-bond donors (Lipinski definition) is 1. The van der Waals surface area contributed by atoms with E-state index >= 15 is 0 Å². The highest BCUT2D eigenvalue weighted by atomic mass is 16.5. The van der Waals surface area contributed by atoms with E-state index in [-0.39, 0.29) is 5.91 Å². The molecule has 0 saturated carbocycles. The lowest BCUT2D eigenvalue weighted by atomic mass is 9.94. The summed E-state index contributed by atoms with van der Waals surface area (Å²) in [6, 6.07) is 5.86. The Kier molecular flexibility index (Phi) is 4.60. The van der Waals surface area contributed by atoms with Gasteiger partial charge in [-0.05, 0) is 30.1 Å². The van der Waals surface area contributed by atoms with E-state index in [1.807, 2.05) is 17.2 Å². The van der Waals surface area contributed by atoms with E-state index in [9.17, 15) is 4.79 Å². The SMILES string of the molecule is COc1cc(CCC(=O)N2CCCC(c3cc4cnccc4[nH]3)C2)on1. The number of methoxy groups -OCH3 is 1. The zero-order valence-electron chi connectivity index (χ0n) is 14.8. The van der Waals surface area contributed by atoms with Crippen LogP contribution in [0.1, 0.15) is 36.6 Å². The molecule has 4 rings (SSSR count). The lowest BCUT2D eigenvalue weighted by Gasteiger charge is -2.32. The number of likely N-dealkylation sites (tertiary alicyclic amines) is 1. The van der Waals surface area contributed by atoms with Crippen LogP contribution in [-0.2, 0) is 11.2 Å². The second kappa shape index (κ2) is 7.19. The summed E-state index contributed by atoms with van der Waals surface area (Å²) < 4.78 is 10.2. The van der Waals surface area contributed by atoms with Crippen LogP contribution in [0.25, 0.3) is 10.9 Å². The third kappa shape index (κ3) is 3.42. The monoisotopic (exact) mass is 354 g/mol. The summed E-state index contributed by atoms with van der Waals surface area (Å²) in [6.07, 6.45) is 6.71. The Hall–Kier alpha value is -2.83. The predicted octanol–water partition coefficient (Wildman–Crippen LogP) is 2.90. The van der Waals surface area contributed by atoms with Crippen molar-refractivity contribution < 1.29 is 14.1 Å². The molecule has 3 aromatic rings. The van der Waals surface area contributed by atoms with Crippen molar-refractivity contribution in [3.05, 3.63) is 42.0 Å². The van der Waals surface area contributed by atoms with Crippen LogP contribution in [-0.4, -0.2) is 46.1 Å². The topological polar surface area (TPSA) is 84.2 Å². The van der Waals surface area contributed by atoms with E-state index < -0.39 is 0 Å². The highest BCUT2D eigenvalue weighted by Gasteiger charge is 2.26. The maximum absolute atomic E-state index is 12.6. The predicted molar refractivity (Wildman–Crippen MR) is 96.0 cm³/mol. The van der Waals surface area contributed by atoms with Gasteiger partial charge in [0.15, 0.2) is 0 Å². The number of aromatic amines is 1. The number of hydrogen-bond acceptors (Lipinski definition) is 5. The number of pyridine rings is 1. The Morgan fingerprint density at radius 2 is 2.38 bits per heavy atom. The molecule has 1 atom stereocenters. The first-order valence-electron chi connectivity index (χ1n) is 8.93. The number of fused-ring (bicyclic) bond motifs is 1. The van der Waals surface area contributed by atoms with E-state index in [1.54, 1.807) is 19.4 Å². The highest BCUT2D eigenvalue weighted by Crippen LogP contribution is 2.29. The molecule has 26 heavy (non-hydrogen) atoms. The number of ether oxygens (including phenoxy) is 1. The van der Waals surface area contributed by atoms with Crippen LogP contribution < -0.4 is 4.74 Å². The molecule has 1 aliphatic heterocycles. The molecule has 0 aliphatic carbocycles. The van der Waals surface area contributed by atoms with Gasteiger partial charge in [-0.15, -0.1) is 0 Å². The average molecular weight is 354 g/mol. The van der Waals surface area contributed by atoms with E-state index in [1.165, 1.54) is 5.69 Å². The fourth-order valence-electron chi connectivity index (χ4n) is 3.57. The summed E-state index contributed by atoms with van der Waals surface area (Å²) in [5.41, 5.74) is 2.28. The Morgan fingerprint density at radius 1 is 1.46 bits per heavy atom. The molecule has 1 N–H and O–H groups in total. The van der Waals surface area contributed by atoms with E-state index in [4.69, 9.17) is 9.26 Å². The van der Waals surface area contributed by atoms with Gasteiger partial charge in [0.05, 0.1) is 7.11 Å². The second-order valence-corrected chi connectivity index (χ2v) is 6.70. The first kappa shape index (κ1) is 16.6. The first-order chi connectivity index (χ1) is 12.7. The van der Waals surface area contributed by atoms with Crippen LogP contribution in [0.15, 0.2) is 35.1 Å². The van der Waals surface area contributed by atoms with Crippen molar-refractivity contribution in [3.8, 4) is 5.88 Å². The van der Waals surface area contributed by atoms with Gasteiger partial charge in [0.1, 0.15) is 5.76 Å². The number of aromatic nitrogens is 3. The molecule has 7 heteroatoms. The van der Waals surface area contributed by atoms with Gasteiger partial charge in [0.2, 0.25) is 5.91 Å². The van der Waals surface area contributed by atoms with Crippen molar-refractivity contribution >= 4 is 16.8 Å². The minimum atomic E-state index is 0.155. The zero-order chi connectivity index (χ0) is 17.9. The van der Waals surface area contributed by atoms with E-state index in [0.717, 1.165) is 36.8 Å². The number of nitrogens with one attached hydrogen (secondary N) is 1. The fourth-order valence-corrected chi connectivity index (χ4v) is 3.57. The Balaban J connectivity index is 1.38. The first-order valence-corrected chi connectivity index (χ1v) is 8.93. The second-order valence-electron chi connectivity index (χ2n) is 6.70. The van der Waals surface area contributed by atoms with Crippen LogP contribution in [0.2, 0.25) is 0 Å². The Bertz CT molecular complexity index is 868. The van der Waals surface area contributed by atoms with Crippen LogP contribution in [0.4, 0.5) is 0 Å². The molecule has 0 bridgehead atoms. The standard InChI is InChI=1S/C19H22N4O3/c1-25-18-10-15(26-22-18)4-5-19(24)23-8-2-3-13(12-23)17-9-14-11-20-7-6-16(14)21-17/h6-7,9-11,13,21H,2-5,8,12H2,1H3. The lowest BCUT2D eigenvalue weighted by Crippen LogP contribution is -2.39. The lowest BCUT2D eigenvalue weighted by molar-refractivity contribution is -0.132. The van der Waals surface area contributed by atoms with Gasteiger partial charge < -0.3 is 19.1 Å². The van der Waals surface area contributed by atoms with Gasteiger partial charge in [-0.1, -0.05) is 0 Å². The van der Waals surface area contributed by atoms with Gasteiger partial charge in [-0.25, -0.2) is 0 Å². The van der Waals surface area contributed by atoms with Gasteiger partial charge in [0, 0.05) is 66.9 Å². The molecule has 0 spiro atoms. The summed E-state index contributed by atoms with van der Waals surface area (Å²) in [6.45, 7) is 1.57. The molecule has 4 heterocycles. The van der Waals surface area contributed by atoms with Crippen molar-refractivity contribution in [1.29, 1.82) is 0 Å². The maximum atomic E-state index is 12.6.